The number of carbonyl (C=O) groups excluding carboxylic acids is 1. The molecule has 3 atom stereocenters. The third-order valence-electron chi connectivity index (χ3n) is 5.11. The molecule has 1 aromatic carbocycles. The van der Waals surface area contributed by atoms with Crippen LogP contribution < -0.4 is 5.73 Å². The van der Waals surface area contributed by atoms with Crippen molar-refractivity contribution in [1.29, 1.82) is 0 Å². The third-order valence-corrected chi connectivity index (χ3v) is 6.35. The van der Waals surface area contributed by atoms with Crippen LogP contribution in [-0.4, -0.2) is 36.2 Å². The van der Waals surface area contributed by atoms with Crippen molar-refractivity contribution in [2.24, 2.45) is 23.5 Å². The van der Waals surface area contributed by atoms with Crippen molar-refractivity contribution in [1.82, 2.24) is 4.90 Å². The van der Waals surface area contributed by atoms with Gasteiger partial charge in [-0.3, -0.25) is 4.79 Å². The molecule has 0 aromatic heterocycles. The van der Waals surface area contributed by atoms with Gasteiger partial charge < -0.3 is 10.6 Å². The van der Waals surface area contributed by atoms with Crippen molar-refractivity contribution < 1.29 is 4.79 Å². The summed E-state index contributed by atoms with van der Waals surface area (Å²) in [7, 11) is 0. The number of halogens is 1. The number of likely N-dealkylation sites (tertiary alicyclic amines) is 1. The van der Waals surface area contributed by atoms with Gasteiger partial charge in [0, 0.05) is 29.7 Å². The second-order valence-electron chi connectivity index (χ2n) is 6.60. The van der Waals surface area contributed by atoms with E-state index in [0.29, 0.717) is 24.3 Å². The lowest BCUT2D eigenvalue weighted by atomic mass is 9.95. The maximum atomic E-state index is 12.7. The molecule has 0 bridgehead atoms. The second-order valence-corrected chi connectivity index (χ2v) is 7.69. The zero-order valence-electron chi connectivity index (χ0n) is 13.5. The Kier molecular flexibility index (Phi) is 7.25. The number of rotatable bonds is 5. The van der Waals surface area contributed by atoms with Crippen LogP contribution in [0.15, 0.2) is 35.2 Å². The SMILES string of the molecule is Cl.NC[C@H]1CCC[C@H]1C(=O)N1CCC(CSc2ccccc2)C1. The molecule has 1 heterocycles. The summed E-state index contributed by atoms with van der Waals surface area (Å²) in [4.78, 5) is 16.1. The summed E-state index contributed by atoms with van der Waals surface area (Å²) in [6, 6.07) is 10.5. The molecule has 2 N–H and O–H groups in total. The quantitative estimate of drug-likeness (QED) is 0.824. The van der Waals surface area contributed by atoms with E-state index in [1.54, 1.807) is 0 Å². The summed E-state index contributed by atoms with van der Waals surface area (Å²) in [5.41, 5.74) is 5.83. The molecular weight excluding hydrogens is 328 g/mol. The van der Waals surface area contributed by atoms with E-state index in [2.05, 4.69) is 35.2 Å². The minimum Gasteiger partial charge on any atom is -0.342 e. The molecule has 0 spiro atoms. The van der Waals surface area contributed by atoms with Crippen LogP contribution in [0, 0.1) is 17.8 Å². The van der Waals surface area contributed by atoms with Crippen LogP contribution >= 0.6 is 24.2 Å². The lowest BCUT2D eigenvalue weighted by molar-refractivity contribution is -0.135. The molecule has 3 rings (SSSR count). The van der Waals surface area contributed by atoms with Crippen LogP contribution in [0.2, 0.25) is 0 Å². The average molecular weight is 355 g/mol. The fraction of sp³-hybridized carbons (Fsp3) is 0.611. The molecule has 128 valence electrons. The van der Waals surface area contributed by atoms with Gasteiger partial charge in [-0.25, -0.2) is 0 Å². The Morgan fingerprint density at radius 3 is 2.74 bits per heavy atom. The molecule has 1 saturated heterocycles. The van der Waals surface area contributed by atoms with Gasteiger partial charge in [0.15, 0.2) is 0 Å². The van der Waals surface area contributed by atoms with Gasteiger partial charge in [0.2, 0.25) is 5.91 Å². The zero-order chi connectivity index (χ0) is 15.4. The highest BCUT2D eigenvalue weighted by molar-refractivity contribution is 7.99. The number of thioether (sulfide) groups is 1. The van der Waals surface area contributed by atoms with Gasteiger partial charge in [-0.1, -0.05) is 24.6 Å². The summed E-state index contributed by atoms with van der Waals surface area (Å²) in [6.07, 6.45) is 4.49. The monoisotopic (exact) mass is 354 g/mol. The Morgan fingerprint density at radius 2 is 2.00 bits per heavy atom. The second kappa shape index (κ2) is 8.95. The van der Waals surface area contributed by atoms with Crippen molar-refractivity contribution in [3.8, 4) is 0 Å². The highest BCUT2D eigenvalue weighted by atomic mass is 35.5. The van der Waals surface area contributed by atoms with E-state index in [0.717, 1.165) is 38.1 Å². The van der Waals surface area contributed by atoms with Crippen LogP contribution in [0.4, 0.5) is 0 Å². The Balaban J connectivity index is 0.00000192. The van der Waals surface area contributed by atoms with Gasteiger partial charge in [-0.2, -0.15) is 0 Å². The van der Waals surface area contributed by atoms with Crippen molar-refractivity contribution in [2.75, 3.05) is 25.4 Å². The lowest BCUT2D eigenvalue weighted by Crippen LogP contribution is -2.37. The van der Waals surface area contributed by atoms with E-state index in [9.17, 15) is 4.79 Å². The van der Waals surface area contributed by atoms with Crippen molar-refractivity contribution in [3.05, 3.63) is 30.3 Å². The molecule has 0 radical (unpaired) electrons. The number of hydrogen-bond donors (Lipinski definition) is 1. The first-order chi connectivity index (χ1) is 10.8. The first-order valence-corrected chi connectivity index (χ1v) is 9.43. The molecule has 1 saturated carbocycles. The first-order valence-electron chi connectivity index (χ1n) is 8.44. The van der Waals surface area contributed by atoms with E-state index < -0.39 is 0 Å². The molecule has 3 nitrogen and oxygen atoms in total. The fourth-order valence-corrected chi connectivity index (χ4v) is 4.83. The Morgan fingerprint density at radius 1 is 1.22 bits per heavy atom. The molecular formula is C18H27ClN2OS. The maximum Gasteiger partial charge on any atom is 0.226 e. The van der Waals surface area contributed by atoms with Gasteiger partial charge in [0.25, 0.3) is 0 Å². The fourth-order valence-electron chi connectivity index (χ4n) is 3.78. The summed E-state index contributed by atoms with van der Waals surface area (Å²) in [5, 5.41) is 0. The molecule has 1 aliphatic heterocycles. The van der Waals surface area contributed by atoms with E-state index in [1.807, 2.05) is 11.8 Å². The summed E-state index contributed by atoms with van der Waals surface area (Å²) < 4.78 is 0. The molecule has 2 aliphatic rings. The average Bonchev–Trinajstić information content (AvgIpc) is 3.22. The standard InChI is InChI=1S/C18H26N2OS.ClH/c19-11-15-5-4-8-17(15)18(21)20-10-9-14(12-20)13-22-16-6-2-1-3-7-16;/h1-3,6-7,14-15,17H,4-5,8-13,19H2;1H/t14?,15-,17-;/m1./s1. The molecule has 1 amide bonds. The van der Waals surface area contributed by atoms with E-state index in [-0.39, 0.29) is 18.3 Å². The normalized spacial score (nSPS) is 27.0. The smallest absolute Gasteiger partial charge is 0.226 e. The highest BCUT2D eigenvalue weighted by Crippen LogP contribution is 2.34. The third kappa shape index (κ3) is 4.65. The molecule has 1 aliphatic carbocycles. The molecule has 1 unspecified atom stereocenters. The number of amides is 1. The lowest BCUT2D eigenvalue weighted by Gasteiger charge is -2.24. The molecule has 1 aromatic rings. The topological polar surface area (TPSA) is 46.3 Å². The highest BCUT2D eigenvalue weighted by Gasteiger charge is 2.37. The number of carbonyl (C=O) groups is 1. The van der Waals surface area contributed by atoms with Crippen molar-refractivity contribution in [3.63, 3.8) is 0 Å². The zero-order valence-corrected chi connectivity index (χ0v) is 15.2. The molecule has 23 heavy (non-hydrogen) atoms. The van der Waals surface area contributed by atoms with Crippen LogP contribution in [0.1, 0.15) is 25.7 Å². The van der Waals surface area contributed by atoms with Crippen LogP contribution in [-0.2, 0) is 4.79 Å². The first kappa shape index (κ1) is 18.6. The summed E-state index contributed by atoms with van der Waals surface area (Å²) in [5.74, 6) is 2.74. The predicted molar refractivity (Wildman–Crippen MR) is 99.0 cm³/mol. The Hall–Kier alpha value is -0.710. The Labute approximate surface area is 149 Å². The van der Waals surface area contributed by atoms with Crippen LogP contribution in [0.5, 0.6) is 0 Å². The van der Waals surface area contributed by atoms with Gasteiger partial charge >= 0.3 is 0 Å². The number of nitrogens with zero attached hydrogens (tertiary/aromatic N) is 1. The number of benzene rings is 1. The van der Waals surface area contributed by atoms with E-state index >= 15 is 0 Å². The van der Waals surface area contributed by atoms with E-state index in [4.69, 9.17) is 5.73 Å². The van der Waals surface area contributed by atoms with Crippen molar-refractivity contribution >= 4 is 30.1 Å². The number of hydrogen-bond acceptors (Lipinski definition) is 3. The predicted octanol–water partition coefficient (Wildman–Crippen LogP) is 3.42. The summed E-state index contributed by atoms with van der Waals surface area (Å²) in [6.45, 7) is 2.54. The minimum absolute atomic E-state index is 0. The number of nitrogens with two attached hydrogens (primary N) is 1. The maximum absolute atomic E-state index is 12.7. The summed E-state index contributed by atoms with van der Waals surface area (Å²) >= 11 is 1.91. The minimum atomic E-state index is 0. The molecule has 2 fully saturated rings. The van der Waals surface area contributed by atoms with Crippen LogP contribution in [0.25, 0.3) is 0 Å². The van der Waals surface area contributed by atoms with Crippen LogP contribution in [0.3, 0.4) is 0 Å². The molecule has 5 heteroatoms. The Bertz CT molecular complexity index is 499. The van der Waals surface area contributed by atoms with Gasteiger partial charge in [0.05, 0.1) is 0 Å². The van der Waals surface area contributed by atoms with Gasteiger partial charge in [-0.15, -0.1) is 24.2 Å². The van der Waals surface area contributed by atoms with Gasteiger partial charge in [-0.05, 0) is 49.8 Å². The largest absolute Gasteiger partial charge is 0.342 e. The van der Waals surface area contributed by atoms with E-state index in [1.165, 1.54) is 11.3 Å². The van der Waals surface area contributed by atoms with Gasteiger partial charge in [0.1, 0.15) is 0 Å². The van der Waals surface area contributed by atoms with Crippen molar-refractivity contribution in [2.45, 2.75) is 30.6 Å².